The number of oxime groups is 1. The van der Waals surface area contributed by atoms with E-state index in [1.54, 1.807) is 0 Å². The van der Waals surface area contributed by atoms with Crippen molar-refractivity contribution in [3.8, 4) is 12.1 Å². The van der Waals surface area contributed by atoms with Crippen LogP contribution in [0.4, 0.5) is 4.79 Å². The summed E-state index contributed by atoms with van der Waals surface area (Å²) in [6.07, 6.45) is 6.46. The lowest BCUT2D eigenvalue weighted by molar-refractivity contribution is -0.113. The highest BCUT2D eigenvalue weighted by Gasteiger charge is 2.08. The molecule has 0 radical (unpaired) electrons. The molecule has 0 aliphatic rings. The minimum atomic E-state index is -0.720. The maximum Gasteiger partial charge on any atom is 0.321 e. The van der Waals surface area contributed by atoms with Crippen molar-refractivity contribution in [1.82, 2.24) is 10.6 Å². The Balaban J connectivity index is 3.84. The number of carbonyl (C=O) groups excluding carboxylic acids is 2. The van der Waals surface area contributed by atoms with Crippen LogP contribution < -0.4 is 10.6 Å². The summed E-state index contributed by atoms with van der Waals surface area (Å²) in [4.78, 5) is 27.8. The Morgan fingerprint density at radius 1 is 1.21 bits per heavy atom. The van der Waals surface area contributed by atoms with Gasteiger partial charge in [-0.25, -0.2) is 4.79 Å². The molecule has 0 spiro atoms. The molecule has 0 heterocycles. The van der Waals surface area contributed by atoms with Gasteiger partial charge in [-0.05, 0) is 19.3 Å². The van der Waals surface area contributed by atoms with Crippen molar-refractivity contribution >= 4 is 18.2 Å². The third kappa shape index (κ3) is 13.1. The Kier molecular flexibility index (Phi) is 13.6. The Bertz CT molecular complexity index is 479. The van der Waals surface area contributed by atoms with Gasteiger partial charge in [0.2, 0.25) is 6.10 Å². The van der Waals surface area contributed by atoms with Crippen LogP contribution in [0.2, 0.25) is 0 Å². The van der Waals surface area contributed by atoms with E-state index in [1.165, 1.54) is 0 Å². The molecule has 8 nitrogen and oxygen atoms in total. The van der Waals surface area contributed by atoms with Crippen LogP contribution in [0.3, 0.4) is 0 Å². The van der Waals surface area contributed by atoms with Crippen LogP contribution in [0, 0.1) is 22.7 Å². The van der Waals surface area contributed by atoms with Crippen molar-refractivity contribution in [2.75, 3.05) is 6.54 Å². The van der Waals surface area contributed by atoms with Crippen LogP contribution in [-0.4, -0.2) is 30.8 Å². The molecule has 1 unspecified atom stereocenters. The van der Waals surface area contributed by atoms with Crippen LogP contribution in [0.5, 0.6) is 0 Å². The molecular formula is C16H25N5O3. The van der Waals surface area contributed by atoms with Gasteiger partial charge >= 0.3 is 6.03 Å². The van der Waals surface area contributed by atoms with Crippen molar-refractivity contribution in [2.24, 2.45) is 5.16 Å². The normalized spacial score (nSPS) is 11.3. The number of amides is 3. The number of unbranched alkanes of at least 4 members (excludes halogenated alkanes) is 5. The minimum absolute atomic E-state index is 0.423. The molecule has 132 valence electrons. The van der Waals surface area contributed by atoms with Gasteiger partial charge in [0.25, 0.3) is 5.91 Å². The van der Waals surface area contributed by atoms with Crippen molar-refractivity contribution in [3.05, 3.63) is 0 Å². The van der Waals surface area contributed by atoms with E-state index in [0.29, 0.717) is 19.4 Å². The quantitative estimate of drug-likeness (QED) is 0.321. The standard InChI is InChI=1S/C16H25N5O3/c1-2-3-6-9-14(12-18)24-20-13-15(22)21-16(23)19-11-8-5-4-7-10-17/h13-14H,2-9,11H2,1H3,(H2,19,21,22,23)/b20-13+. The lowest BCUT2D eigenvalue weighted by Crippen LogP contribution is -2.40. The number of urea groups is 1. The molecule has 0 bridgehead atoms. The SMILES string of the molecule is CCCCCC(C#N)O/N=C/C(=O)NC(=O)NCCCCCC#N. The smallest absolute Gasteiger partial charge is 0.321 e. The van der Waals surface area contributed by atoms with E-state index < -0.39 is 18.0 Å². The third-order valence-corrected chi connectivity index (χ3v) is 3.06. The first-order chi connectivity index (χ1) is 11.6. The lowest BCUT2D eigenvalue weighted by Gasteiger charge is -2.06. The number of nitrogens with one attached hydrogen (secondary N) is 2. The topological polar surface area (TPSA) is 127 Å². The Labute approximate surface area is 142 Å². The zero-order chi connectivity index (χ0) is 18.0. The van der Waals surface area contributed by atoms with Gasteiger partial charge in [-0.3, -0.25) is 10.1 Å². The second-order valence-electron chi connectivity index (χ2n) is 5.17. The number of hydrogen-bond acceptors (Lipinski definition) is 6. The molecular weight excluding hydrogens is 310 g/mol. The van der Waals surface area contributed by atoms with Crippen LogP contribution in [0.15, 0.2) is 5.16 Å². The highest BCUT2D eigenvalue weighted by molar-refractivity contribution is 6.29. The number of imide groups is 1. The zero-order valence-electron chi connectivity index (χ0n) is 14.1. The van der Waals surface area contributed by atoms with Gasteiger partial charge in [0.15, 0.2) is 0 Å². The number of nitrogens with zero attached hydrogens (tertiary/aromatic N) is 3. The monoisotopic (exact) mass is 335 g/mol. The van der Waals surface area contributed by atoms with Crippen LogP contribution in [0.1, 0.15) is 58.3 Å². The summed E-state index contributed by atoms with van der Waals surface area (Å²) in [5, 5.41) is 25.3. The van der Waals surface area contributed by atoms with Crippen molar-refractivity contribution in [3.63, 3.8) is 0 Å². The van der Waals surface area contributed by atoms with Crippen molar-refractivity contribution < 1.29 is 14.4 Å². The second-order valence-corrected chi connectivity index (χ2v) is 5.17. The van der Waals surface area contributed by atoms with Crippen LogP contribution >= 0.6 is 0 Å². The molecule has 0 aromatic rings. The highest BCUT2D eigenvalue weighted by atomic mass is 16.6. The molecule has 0 saturated heterocycles. The van der Waals surface area contributed by atoms with Gasteiger partial charge in [0, 0.05) is 19.4 Å². The molecule has 0 aromatic heterocycles. The van der Waals surface area contributed by atoms with Gasteiger partial charge in [0.05, 0.1) is 6.07 Å². The zero-order valence-corrected chi connectivity index (χ0v) is 14.1. The van der Waals surface area contributed by atoms with E-state index in [2.05, 4.69) is 22.7 Å². The highest BCUT2D eigenvalue weighted by Crippen LogP contribution is 2.06. The van der Waals surface area contributed by atoms with Gasteiger partial charge in [-0.1, -0.05) is 31.3 Å². The number of nitriles is 2. The predicted molar refractivity (Wildman–Crippen MR) is 88.7 cm³/mol. The van der Waals surface area contributed by atoms with E-state index in [4.69, 9.17) is 15.4 Å². The predicted octanol–water partition coefficient (Wildman–Crippen LogP) is 2.37. The molecule has 3 amide bonds. The van der Waals surface area contributed by atoms with Crippen molar-refractivity contribution in [2.45, 2.75) is 64.4 Å². The first-order valence-corrected chi connectivity index (χ1v) is 8.18. The molecule has 1 atom stereocenters. The summed E-state index contributed by atoms with van der Waals surface area (Å²) in [7, 11) is 0. The van der Waals surface area contributed by atoms with Gasteiger partial charge in [-0.15, -0.1) is 0 Å². The summed E-state index contributed by atoms with van der Waals surface area (Å²) in [6.45, 7) is 2.48. The van der Waals surface area contributed by atoms with Gasteiger partial charge < -0.3 is 10.2 Å². The largest absolute Gasteiger partial charge is 0.377 e. The fraction of sp³-hybridized carbons (Fsp3) is 0.688. The van der Waals surface area contributed by atoms with Gasteiger partial charge in [0.1, 0.15) is 12.3 Å². The molecule has 0 rings (SSSR count). The first-order valence-electron chi connectivity index (χ1n) is 8.18. The third-order valence-electron chi connectivity index (χ3n) is 3.06. The van der Waals surface area contributed by atoms with E-state index in [9.17, 15) is 9.59 Å². The summed E-state index contributed by atoms with van der Waals surface area (Å²) in [6, 6.07) is 3.39. The maximum atomic E-state index is 11.4. The lowest BCUT2D eigenvalue weighted by atomic mass is 10.1. The Morgan fingerprint density at radius 3 is 2.67 bits per heavy atom. The van der Waals surface area contributed by atoms with E-state index >= 15 is 0 Å². The molecule has 0 saturated carbocycles. The van der Waals surface area contributed by atoms with E-state index in [0.717, 1.165) is 44.7 Å². The fourth-order valence-electron chi connectivity index (χ4n) is 1.77. The molecule has 0 aliphatic carbocycles. The molecule has 8 heteroatoms. The number of hydrogen-bond donors (Lipinski definition) is 2. The molecule has 0 fully saturated rings. The first kappa shape index (κ1) is 21.4. The molecule has 0 aliphatic heterocycles. The average molecular weight is 335 g/mol. The summed E-state index contributed by atoms with van der Waals surface area (Å²) < 4.78 is 0. The second kappa shape index (κ2) is 15.3. The van der Waals surface area contributed by atoms with Crippen molar-refractivity contribution in [1.29, 1.82) is 10.5 Å². The van der Waals surface area contributed by atoms with Gasteiger partial charge in [-0.2, -0.15) is 10.5 Å². The molecule has 24 heavy (non-hydrogen) atoms. The summed E-state index contributed by atoms with van der Waals surface area (Å²) >= 11 is 0. The average Bonchev–Trinajstić information content (AvgIpc) is 2.56. The fourth-order valence-corrected chi connectivity index (χ4v) is 1.77. The summed E-state index contributed by atoms with van der Waals surface area (Å²) in [5.41, 5.74) is 0. The number of rotatable bonds is 12. The molecule has 0 aromatic carbocycles. The Hall–Kier alpha value is -2.61. The maximum absolute atomic E-state index is 11.4. The Morgan fingerprint density at radius 2 is 2.00 bits per heavy atom. The van der Waals surface area contributed by atoms with Crippen LogP contribution in [0.25, 0.3) is 0 Å². The number of carbonyl (C=O) groups is 2. The van der Waals surface area contributed by atoms with Crippen LogP contribution in [-0.2, 0) is 9.63 Å². The van der Waals surface area contributed by atoms with E-state index in [1.807, 2.05) is 12.1 Å². The molecule has 2 N–H and O–H groups in total. The van der Waals surface area contributed by atoms with E-state index in [-0.39, 0.29) is 0 Å². The minimum Gasteiger partial charge on any atom is -0.377 e. The summed E-state index contributed by atoms with van der Waals surface area (Å²) in [5.74, 6) is -0.720.